The van der Waals surface area contributed by atoms with Gasteiger partial charge in [0.15, 0.2) is 0 Å². The molecule has 5 aromatic carbocycles. The quantitative estimate of drug-likeness (QED) is 0.177. The van der Waals surface area contributed by atoms with Gasteiger partial charge in [-0.3, -0.25) is 0 Å². The van der Waals surface area contributed by atoms with Crippen LogP contribution in [0.25, 0.3) is 27.7 Å². The minimum atomic E-state index is 0.326. The van der Waals surface area contributed by atoms with Gasteiger partial charge in [0.1, 0.15) is 0 Å². The van der Waals surface area contributed by atoms with E-state index in [4.69, 9.17) is 0 Å². The van der Waals surface area contributed by atoms with Crippen LogP contribution in [-0.2, 0) is 6.42 Å². The van der Waals surface area contributed by atoms with Gasteiger partial charge in [0.2, 0.25) is 0 Å². The van der Waals surface area contributed by atoms with E-state index in [1.54, 1.807) is 0 Å². The smallest absolute Gasteiger partial charge is 0.0536 e. The molecule has 0 saturated heterocycles. The van der Waals surface area contributed by atoms with Crippen LogP contribution in [0.1, 0.15) is 37.4 Å². The summed E-state index contributed by atoms with van der Waals surface area (Å²) in [7, 11) is 0. The Bertz CT molecular complexity index is 1910. The van der Waals surface area contributed by atoms with Crippen LogP contribution in [0.4, 0.5) is 17.1 Å². The summed E-state index contributed by atoms with van der Waals surface area (Å²) in [6, 6.07) is 48.2. The van der Waals surface area contributed by atoms with Gasteiger partial charge in [0.25, 0.3) is 0 Å². The minimum absolute atomic E-state index is 0.326. The number of hydrogen-bond acceptors (Lipinski definition) is 1. The monoisotopic (exact) mass is 570 g/mol. The third-order valence-corrected chi connectivity index (χ3v) is 9.01. The van der Waals surface area contributed by atoms with Crippen LogP contribution in [0.2, 0.25) is 0 Å². The number of aryl methyl sites for hydroxylation is 1. The van der Waals surface area contributed by atoms with E-state index < -0.39 is 0 Å². The Morgan fingerprint density at radius 3 is 1.86 bits per heavy atom. The van der Waals surface area contributed by atoms with Crippen LogP contribution >= 0.6 is 0 Å². The fraction of sp³-hybridized carbons (Fsp3) is 0.143. The zero-order chi connectivity index (χ0) is 29.9. The fourth-order valence-electron chi connectivity index (χ4n) is 6.87. The first-order valence-electron chi connectivity index (χ1n) is 15.8. The van der Waals surface area contributed by atoms with Crippen molar-refractivity contribution in [1.82, 2.24) is 4.57 Å². The summed E-state index contributed by atoms with van der Waals surface area (Å²) >= 11 is 0. The van der Waals surface area contributed by atoms with E-state index in [0.717, 1.165) is 29.9 Å². The zero-order valence-electron chi connectivity index (χ0n) is 25.5. The van der Waals surface area contributed by atoms with Gasteiger partial charge in [-0.2, -0.15) is 0 Å². The number of rotatable bonds is 8. The second-order valence-electron chi connectivity index (χ2n) is 11.5. The number of allylic oxidation sites excluding steroid dienone is 4. The molecule has 0 N–H and O–H groups in total. The van der Waals surface area contributed by atoms with E-state index in [1.165, 1.54) is 39.0 Å². The van der Waals surface area contributed by atoms with Gasteiger partial charge < -0.3 is 9.47 Å². The first kappa shape index (κ1) is 27.7. The van der Waals surface area contributed by atoms with Gasteiger partial charge in [-0.05, 0) is 90.0 Å². The Morgan fingerprint density at radius 2 is 1.18 bits per heavy atom. The highest BCUT2D eigenvalue weighted by Gasteiger charge is 2.28. The largest absolute Gasteiger partial charge is 0.313 e. The molecule has 1 aliphatic carbocycles. The van der Waals surface area contributed by atoms with E-state index in [9.17, 15) is 0 Å². The maximum Gasteiger partial charge on any atom is 0.0536 e. The van der Waals surface area contributed by atoms with Crippen molar-refractivity contribution in [3.05, 3.63) is 169 Å². The standard InChI is InChI=1S/C42H38N2/c1-3-31-16-14-15-23-39(31)42-38(4-2)40-30-37(28-29-41(40)44(42)35-21-12-7-13-22-35)43(34-19-10-6-11-20-34)36-26-24-33(25-27-36)32-17-8-5-9-18-32/h5-31,39H,3-4H2,1-2H3. The normalized spacial score (nSPS) is 16.0. The third kappa shape index (κ3) is 5.07. The molecule has 1 aliphatic rings. The molecular weight excluding hydrogens is 532 g/mol. The van der Waals surface area contributed by atoms with Crippen molar-refractivity contribution in [2.75, 3.05) is 4.90 Å². The molecule has 216 valence electrons. The molecule has 2 atom stereocenters. The summed E-state index contributed by atoms with van der Waals surface area (Å²) in [5.41, 5.74) is 11.2. The molecule has 0 bridgehead atoms. The van der Waals surface area contributed by atoms with Crippen molar-refractivity contribution in [3.8, 4) is 16.8 Å². The van der Waals surface area contributed by atoms with Gasteiger partial charge in [0.05, 0.1) is 5.52 Å². The molecule has 2 heteroatoms. The maximum absolute atomic E-state index is 2.52. The Balaban J connectivity index is 1.42. The molecule has 0 aliphatic heterocycles. The van der Waals surface area contributed by atoms with Crippen LogP contribution < -0.4 is 4.90 Å². The maximum atomic E-state index is 2.52. The van der Waals surface area contributed by atoms with E-state index in [2.05, 4.69) is 181 Å². The van der Waals surface area contributed by atoms with Crippen molar-refractivity contribution < 1.29 is 0 Å². The number of hydrogen-bond donors (Lipinski definition) is 0. The Hall–Kier alpha value is -5.08. The van der Waals surface area contributed by atoms with Gasteiger partial charge in [-0.15, -0.1) is 0 Å². The second kappa shape index (κ2) is 12.3. The third-order valence-electron chi connectivity index (χ3n) is 9.01. The second-order valence-corrected chi connectivity index (χ2v) is 11.5. The predicted octanol–water partition coefficient (Wildman–Crippen LogP) is 11.6. The molecule has 0 spiro atoms. The molecule has 7 rings (SSSR count). The van der Waals surface area contributed by atoms with Crippen LogP contribution in [0.5, 0.6) is 0 Å². The Morgan fingerprint density at radius 1 is 0.591 bits per heavy atom. The summed E-state index contributed by atoms with van der Waals surface area (Å²) in [5, 5.41) is 1.32. The number of para-hydroxylation sites is 2. The Labute approximate surface area is 261 Å². The molecule has 0 radical (unpaired) electrons. The van der Waals surface area contributed by atoms with Gasteiger partial charge in [0, 0.05) is 39.7 Å². The average Bonchev–Trinajstić information content (AvgIpc) is 3.43. The van der Waals surface area contributed by atoms with Crippen LogP contribution in [0.15, 0.2) is 158 Å². The molecule has 1 heterocycles. The summed E-state index contributed by atoms with van der Waals surface area (Å²) in [6.45, 7) is 4.61. The topological polar surface area (TPSA) is 8.17 Å². The van der Waals surface area contributed by atoms with Crippen molar-refractivity contribution in [2.45, 2.75) is 32.6 Å². The zero-order valence-corrected chi connectivity index (χ0v) is 25.5. The van der Waals surface area contributed by atoms with Gasteiger partial charge in [-0.25, -0.2) is 0 Å². The number of benzene rings is 5. The molecule has 1 aromatic heterocycles. The molecule has 44 heavy (non-hydrogen) atoms. The first-order chi connectivity index (χ1) is 21.8. The molecule has 0 saturated carbocycles. The van der Waals surface area contributed by atoms with Crippen LogP contribution in [-0.4, -0.2) is 4.57 Å². The molecule has 2 unspecified atom stereocenters. The molecule has 6 aromatic rings. The van der Waals surface area contributed by atoms with E-state index in [1.807, 2.05) is 0 Å². The van der Waals surface area contributed by atoms with Crippen LogP contribution in [0, 0.1) is 5.92 Å². The predicted molar refractivity (Wildman–Crippen MR) is 188 cm³/mol. The molecule has 0 fully saturated rings. The highest BCUT2D eigenvalue weighted by atomic mass is 15.1. The highest BCUT2D eigenvalue weighted by Crippen LogP contribution is 2.43. The van der Waals surface area contributed by atoms with E-state index in [0.29, 0.717) is 11.8 Å². The molecule has 0 amide bonds. The first-order valence-corrected chi connectivity index (χ1v) is 15.8. The van der Waals surface area contributed by atoms with Gasteiger partial charge in [-0.1, -0.05) is 117 Å². The lowest BCUT2D eigenvalue weighted by atomic mass is 9.82. The van der Waals surface area contributed by atoms with E-state index in [-0.39, 0.29) is 0 Å². The Kier molecular flexibility index (Phi) is 7.73. The lowest BCUT2D eigenvalue weighted by Crippen LogP contribution is -2.15. The van der Waals surface area contributed by atoms with E-state index >= 15 is 0 Å². The number of nitrogens with zero attached hydrogens (tertiary/aromatic N) is 2. The van der Waals surface area contributed by atoms with Crippen LogP contribution in [0.3, 0.4) is 0 Å². The average molecular weight is 571 g/mol. The lowest BCUT2D eigenvalue weighted by molar-refractivity contribution is 0.541. The summed E-state index contributed by atoms with van der Waals surface area (Å²) in [5.74, 6) is 0.798. The molecule has 2 nitrogen and oxygen atoms in total. The minimum Gasteiger partial charge on any atom is -0.313 e. The lowest BCUT2D eigenvalue weighted by Gasteiger charge is -2.26. The van der Waals surface area contributed by atoms with Crippen molar-refractivity contribution >= 4 is 28.0 Å². The van der Waals surface area contributed by atoms with Crippen molar-refractivity contribution in [3.63, 3.8) is 0 Å². The SMILES string of the molecule is CCc1c(C2C=CC=CC2CC)n(-c2ccccc2)c2ccc(N(c3ccccc3)c3ccc(-c4ccccc4)cc3)cc12. The number of anilines is 3. The fourth-order valence-corrected chi connectivity index (χ4v) is 6.87. The summed E-state index contributed by atoms with van der Waals surface area (Å²) in [6.07, 6.45) is 11.3. The molecular formula is C42H38N2. The van der Waals surface area contributed by atoms with Gasteiger partial charge >= 0.3 is 0 Å². The summed E-state index contributed by atoms with van der Waals surface area (Å²) < 4.78 is 2.52. The van der Waals surface area contributed by atoms with Crippen molar-refractivity contribution in [2.24, 2.45) is 5.92 Å². The highest BCUT2D eigenvalue weighted by molar-refractivity contribution is 5.93. The summed E-state index contributed by atoms with van der Waals surface area (Å²) in [4.78, 5) is 2.38. The van der Waals surface area contributed by atoms with Crippen molar-refractivity contribution in [1.29, 1.82) is 0 Å². The number of aromatic nitrogens is 1. The number of fused-ring (bicyclic) bond motifs is 1.